The van der Waals surface area contributed by atoms with Crippen molar-refractivity contribution in [1.82, 2.24) is 14.7 Å². The van der Waals surface area contributed by atoms with Crippen molar-refractivity contribution in [3.63, 3.8) is 0 Å². The van der Waals surface area contributed by atoms with Crippen molar-refractivity contribution in [2.45, 2.75) is 6.54 Å². The third-order valence-corrected chi connectivity index (χ3v) is 5.51. The van der Waals surface area contributed by atoms with E-state index in [9.17, 15) is 19.7 Å². The summed E-state index contributed by atoms with van der Waals surface area (Å²) in [4.78, 5) is 41.3. The molecule has 2 aliphatic rings. The van der Waals surface area contributed by atoms with Gasteiger partial charge in [-0.3, -0.25) is 34.4 Å². The molecule has 150 valence electrons. The number of fused-ring (bicyclic) bond motifs is 1. The van der Waals surface area contributed by atoms with E-state index in [-0.39, 0.29) is 23.5 Å². The van der Waals surface area contributed by atoms with Gasteiger partial charge in [0.25, 0.3) is 17.5 Å². The molecule has 0 unspecified atom stereocenters. The number of amides is 2. The van der Waals surface area contributed by atoms with Crippen LogP contribution in [0.15, 0.2) is 42.5 Å². The van der Waals surface area contributed by atoms with Gasteiger partial charge in [0.15, 0.2) is 0 Å². The lowest BCUT2D eigenvalue weighted by Gasteiger charge is -2.36. The zero-order valence-corrected chi connectivity index (χ0v) is 16.3. The first-order valence-electron chi connectivity index (χ1n) is 9.27. The SMILES string of the molecule is O=C1c2cccc([N+](=O)[O-])c2C(=O)N1CN1CCN(Cc2cccc(Cl)c2)CC1. The zero-order chi connectivity index (χ0) is 20.5. The molecule has 1 fully saturated rings. The van der Waals surface area contributed by atoms with E-state index in [0.717, 1.165) is 30.1 Å². The highest BCUT2D eigenvalue weighted by atomic mass is 35.5. The van der Waals surface area contributed by atoms with E-state index in [1.807, 2.05) is 29.2 Å². The molecule has 0 aliphatic carbocycles. The van der Waals surface area contributed by atoms with Gasteiger partial charge >= 0.3 is 0 Å². The van der Waals surface area contributed by atoms with Crippen LogP contribution < -0.4 is 0 Å². The Labute approximate surface area is 172 Å². The smallest absolute Gasteiger partial charge is 0.282 e. The largest absolute Gasteiger partial charge is 0.297 e. The van der Waals surface area contributed by atoms with Crippen molar-refractivity contribution in [2.24, 2.45) is 0 Å². The van der Waals surface area contributed by atoms with E-state index in [4.69, 9.17) is 11.6 Å². The van der Waals surface area contributed by atoms with Gasteiger partial charge < -0.3 is 0 Å². The lowest BCUT2D eigenvalue weighted by molar-refractivity contribution is -0.385. The number of nitro groups is 1. The highest BCUT2D eigenvalue weighted by molar-refractivity contribution is 6.30. The number of nitrogens with zero attached hydrogens (tertiary/aromatic N) is 4. The van der Waals surface area contributed by atoms with Crippen molar-refractivity contribution in [3.8, 4) is 0 Å². The Hall–Kier alpha value is -2.81. The Morgan fingerprint density at radius 1 is 0.966 bits per heavy atom. The second-order valence-electron chi connectivity index (χ2n) is 7.16. The molecule has 2 amide bonds. The predicted molar refractivity (Wildman–Crippen MR) is 107 cm³/mol. The quantitative estimate of drug-likeness (QED) is 0.424. The van der Waals surface area contributed by atoms with Crippen LogP contribution in [0, 0.1) is 10.1 Å². The summed E-state index contributed by atoms with van der Waals surface area (Å²) in [7, 11) is 0. The topological polar surface area (TPSA) is 87.0 Å². The molecule has 4 rings (SSSR count). The number of carbonyl (C=O) groups is 2. The lowest BCUT2D eigenvalue weighted by atomic mass is 10.1. The molecule has 0 spiro atoms. The minimum absolute atomic E-state index is 0.101. The van der Waals surface area contributed by atoms with Gasteiger partial charge in [0.1, 0.15) is 5.56 Å². The van der Waals surface area contributed by atoms with E-state index in [1.54, 1.807) is 0 Å². The molecule has 1 saturated heterocycles. The van der Waals surface area contributed by atoms with Gasteiger partial charge in [-0.2, -0.15) is 0 Å². The third kappa shape index (κ3) is 3.87. The van der Waals surface area contributed by atoms with Crippen LogP contribution in [0.1, 0.15) is 26.3 Å². The number of halogens is 1. The van der Waals surface area contributed by atoms with E-state index in [1.165, 1.54) is 18.2 Å². The maximum Gasteiger partial charge on any atom is 0.282 e. The van der Waals surface area contributed by atoms with Crippen LogP contribution in [0.4, 0.5) is 5.69 Å². The normalized spacial score (nSPS) is 17.6. The summed E-state index contributed by atoms with van der Waals surface area (Å²) in [6.45, 7) is 3.87. The number of imide groups is 1. The van der Waals surface area contributed by atoms with Crippen molar-refractivity contribution < 1.29 is 14.5 Å². The fraction of sp³-hybridized carbons (Fsp3) is 0.300. The summed E-state index contributed by atoms with van der Waals surface area (Å²) in [5, 5.41) is 11.9. The van der Waals surface area contributed by atoms with Crippen LogP contribution in [0.25, 0.3) is 0 Å². The molecule has 29 heavy (non-hydrogen) atoms. The van der Waals surface area contributed by atoms with Gasteiger partial charge in [-0.25, -0.2) is 0 Å². The molecule has 0 radical (unpaired) electrons. The van der Waals surface area contributed by atoms with Gasteiger partial charge in [-0.1, -0.05) is 29.8 Å². The number of nitro benzene ring substituents is 1. The average Bonchev–Trinajstić information content (AvgIpc) is 2.94. The van der Waals surface area contributed by atoms with E-state index >= 15 is 0 Å². The van der Waals surface area contributed by atoms with Crippen LogP contribution in [-0.2, 0) is 6.54 Å². The monoisotopic (exact) mass is 414 g/mol. The number of piperazine rings is 1. The van der Waals surface area contributed by atoms with E-state index in [2.05, 4.69) is 4.90 Å². The summed E-state index contributed by atoms with van der Waals surface area (Å²) < 4.78 is 0. The Kier molecular flexibility index (Phi) is 5.31. The van der Waals surface area contributed by atoms with Crippen LogP contribution in [-0.4, -0.2) is 64.3 Å². The molecule has 0 N–H and O–H groups in total. The molecule has 9 heteroatoms. The molecule has 0 atom stereocenters. The summed E-state index contributed by atoms with van der Waals surface area (Å²) in [6, 6.07) is 11.9. The third-order valence-electron chi connectivity index (χ3n) is 5.28. The fourth-order valence-electron chi connectivity index (χ4n) is 3.78. The Bertz CT molecular complexity index is 988. The molecule has 8 nitrogen and oxygen atoms in total. The molecular formula is C20H19ClN4O4. The second-order valence-corrected chi connectivity index (χ2v) is 7.60. The maximum atomic E-state index is 12.7. The van der Waals surface area contributed by atoms with Gasteiger partial charge in [-0.15, -0.1) is 0 Å². The highest BCUT2D eigenvalue weighted by Gasteiger charge is 2.41. The highest BCUT2D eigenvalue weighted by Crippen LogP contribution is 2.30. The minimum Gasteiger partial charge on any atom is -0.297 e. The summed E-state index contributed by atoms with van der Waals surface area (Å²) >= 11 is 6.04. The molecule has 0 bridgehead atoms. The van der Waals surface area contributed by atoms with Gasteiger partial charge in [0, 0.05) is 43.8 Å². The molecule has 2 aromatic carbocycles. The van der Waals surface area contributed by atoms with Crippen LogP contribution >= 0.6 is 11.6 Å². The van der Waals surface area contributed by atoms with Crippen molar-refractivity contribution in [2.75, 3.05) is 32.8 Å². The minimum atomic E-state index is -0.623. The molecular weight excluding hydrogens is 396 g/mol. The predicted octanol–water partition coefficient (Wildman–Crippen LogP) is 2.62. The Balaban J connectivity index is 1.39. The summed E-state index contributed by atoms with van der Waals surface area (Å²) in [5.41, 5.74) is 0.805. The second kappa shape index (κ2) is 7.90. The number of benzene rings is 2. The summed E-state index contributed by atoms with van der Waals surface area (Å²) in [6.07, 6.45) is 0. The van der Waals surface area contributed by atoms with Crippen LogP contribution in [0.2, 0.25) is 5.02 Å². The maximum absolute atomic E-state index is 12.7. The molecule has 0 aromatic heterocycles. The fourth-order valence-corrected chi connectivity index (χ4v) is 3.99. The van der Waals surface area contributed by atoms with Crippen molar-refractivity contribution in [3.05, 3.63) is 74.3 Å². The lowest BCUT2D eigenvalue weighted by Crippen LogP contribution is -2.50. The number of carbonyl (C=O) groups excluding carboxylic acids is 2. The Morgan fingerprint density at radius 3 is 2.34 bits per heavy atom. The first-order chi connectivity index (χ1) is 13.9. The molecule has 2 aliphatic heterocycles. The zero-order valence-electron chi connectivity index (χ0n) is 15.6. The van der Waals surface area contributed by atoms with Gasteiger partial charge in [-0.05, 0) is 23.8 Å². The van der Waals surface area contributed by atoms with E-state index in [0.29, 0.717) is 18.1 Å². The molecule has 0 saturated carbocycles. The first kappa shape index (κ1) is 19.5. The molecule has 2 aromatic rings. The van der Waals surface area contributed by atoms with Crippen molar-refractivity contribution in [1.29, 1.82) is 0 Å². The number of hydrogen-bond acceptors (Lipinski definition) is 6. The average molecular weight is 415 g/mol. The number of rotatable bonds is 5. The van der Waals surface area contributed by atoms with Crippen LogP contribution in [0.5, 0.6) is 0 Å². The first-order valence-corrected chi connectivity index (χ1v) is 9.64. The molecule has 2 heterocycles. The summed E-state index contributed by atoms with van der Waals surface area (Å²) in [5.74, 6) is -1.08. The van der Waals surface area contributed by atoms with Crippen molar-refractivity contribution >= 4 is 29.1 Å². The van der Waals surface area contributed by atoms with Crippen LogP contribution in [0.3, 0.4) is 0 Å². The van der Waals surface area contributed by atoms with Gasteiger partial charge in [0.2, 0.25) is 0 Å². The standard InChI is InChI=1S/C20H19ClN4O4/c21-15-4-1-3-14(11-15)12-22-7-9-23(10-8-22)13-24-19(26)16-5-2-6-17(25(28)29)18(16)20(24)27/h1-6,11H,7-10,12-13H2. The number of hydrogen-bond donors (Lipinski definition) is 0. The Morgan fingerprint density at radius 2 is 1.66 bits per heavy atom. The van der Waals surface area contributed by atoms with E-state index < -0.39 is 16.7 Å². The van der Waals surface area contributed by atoms with Gasteiger partial charge in [0.05, 0.1) is 17.2 Å².